The van der Waals surface area contributed by atoms with E-state index >= 15 is 0 Å². The van der Waals surface area contributed by atoms with Crippen molar-refractivity contribution in [1.82, 2.24) is 19.8 Å². The quantitative estimate of drug-likeness (QED) is 0.620. The molecule has 0 atom stereocenters. The maximum atomic E-state index is 12.6. The predicted octanol–water partition coefficient (Wildman–Crippen LogP) is 3.67. The van der Waals surface area contributed by atoms with Crippen LogP contribution in [0.15, 0.2) is 59.4 Å². The number of halogens is 1. The van der Waals surface area contributed by atoms with Crippen LogP contribution in [0.4, 0.5) is 0 Å². The average molecular weight is 411 g/mol. The fraction of sp³-hybridized carbons (Fsp3) is 0.318. The molecule has 0 bridgehead atoms. The van der Waals surface area contributed by atoms with Gasteiger partial charge in [0, 0.05) is 68.5 Å². The lowest BCUT2D eigenvalue weighted by molar-refractivity contribution is -0.133. The van der Waals surface area contributed by atoms with Crippen molar-refractivity contribution in [3.05, 3.63) is 71.5 Å². The van der Waals surface area contributed by atoms with Gasteiger partial charge in [-0.1, -0.05) is 11.6 Å². The molecule has 3 heterocycles. The molecule has 1 aromatic carbocycles. The van der Waals surface area contributed by atoms with Crippen LogP contribution in [-0.2, 0) is 17.8 Å². The lowest BCUT2D eigenvalue weighted by atomic mass is 10.2. The van der Waals surface area contributed by atoms with Crippen molar-refractivity contribution >= 4 is 17.5 Å². The van der Waals surface area contributed by atoms with Crippen LogP contribution in [0, 0.1) is 0 Å². The number of hydrogen-bond donors (Lipinski definition) is 0. The molecule has 7 heteroatoms. The molecule has 2 aromatic heterocycles. The molecule has 0 N–H and O–H groups in total. The summed E-state index contributed by atoms with van der Waals surface area (Å²) in [4.78, 5) is 25.2. The standard InChI is InChI=1S/C22H23ClN4O2/c23-19-3-1-18(2-4-19)20-15-25-21(29-20)5-6-22(28)27-13-11-26(12-14-27)16-17-7-9-24-10-8-17/h1-4,7-10,15H,5-6,11-14,16H2. The Labute approximate surface area is 175 Å². The van der Waals surface area contributed by atoms with Crippen LogP contribution < -0.4 is 0 Å². The first-order valence-electron chi connectivity index (χ1n) is 9.77. The monoisotopic (exact) mass is 410 g/mol. The molecule has 0 unspecified atom stereocenters. The highest BCUT2D eigenvalue weighted by Gasteiger charge is 2.21. The predicted molar refractivity (Wildman–Crippen MR) is 111 cm³/mol. The molecule has 1 fully saturated rings. The second kappa shape index (κ2) is 9.20. The van der Waals surface area contributed by atoms with E-state index in [1.165, 1.54) is 5.56 Å². The maximum absolute atomic E-state index is 12.6. The number of oxazole rings is 1. The van der Waals surface area contributed by atoms with E-state index in [-0.39, 0.29) is 5.91 Å². The van der Waals surface area contributed by atoms with E-state index in [4.69, 9.17) is 16.0 Å². The van der Waals surface area contributed by atoms with Crippen molar-refractivity contribution in [2.45, 2.75) is 19.4 Å². The molecule has 150 valence electrons. The highest BCUT2D eigenvalue weighted by atomic mass is 35.5. The summed E-state index contributed by atoms with van der Waals surface area (Å²) < 4.78 is 5.79. The van der Waals surface area contributed by atoms with Crippen molar-refractivity contribution in [2.24, 2.45) is 0 Å². The molecule has 0 radical (unpaired) electrons. The minimum Gasteiger partial charge on any atom is -0.441 e. The summed E-state index contributed by atoms with van der Waals surface area (Å²) in [5.74, 6) is 1.42. The molecule has 29 heavy (non-hydrogen) atoms. The number of pyridine rings is 1. The van der Waals surface area contributed by atoms with Crippen LogP contribution in [0.5, 0.6) is 0 Å². The van der Waals surface area contributed by atoms with Crippen molar-refractivity contribution in [2.75, 3.05) is 26.2 Å². The molecule has 6 nitrogen and oxygen atoms in total. The average Bonchev–Trinajstić information content (AvgIpc) is 3.23. The molecular formula is C22H23ClN4O2. The zero-order valence-corrected chi connectivity index (χ0v) is 16.9. The molecule has 1 aliphatic heterocycles. The third kappa shape index (κ3) is 5.22. The van der Waals surface area contributed by atoms with Crippen LogP contribution in [-0.4, -0.2) is 51.9 Å². The van der Waals surface area contributed by atoms with Gasteiger partial charge in [-0.3, -0.25) is 14.7 Å². The molecule has 3 aromatic rings. The van der Waals surface area contributed by atoms with Crippen LogP contribution in [0.3, 0.4) is 0 Å². The minimum atomic E-state index is 0.153. The zero-order valence-electron chi connectivity index (χ0n) is 16.1. The second-order valence-corrected chi connectivity index (χ2v) is 7.57. The van der Waals surface area contributed by atoms with Gasteiger partial charge in [0.15, 0.2) is 11.7 Å². The number of benzene rings is 1. The molecular weight excluding hydrogens is 388 g/mol. The Kier molecular flexibility index (Phi) is 6.22. The van der Waals surface area contributed by atoms with E-state index in [1.54, 1.807) is 6.20 Å². The number of hydrogen-bond acceptors (Lipinski definition) is 5. The molecule has 4 rings (SSSR count). The van der Waals surface area contributed by atoms with Crippen LogP contribution >= 0.6 is 11.6 Å². The Hall–Kier alpha value is -2.70. The van der Waals surface area contributed by atoms with E-state index in [0.29, 0.717) is 29.5 Å². The third-order valence-electron chi connectivity index (χ3n) is 5.12. The van der Waals surface area contributed by atoms with E-state index in [9.17, 15) is 4.79 Å². The smallest absolute Gasteiger partial charge is 0.223 e. The number of carbonyl (C=O) groups excluding carboxylic acids is 1. The summed E-state index contributed by atoms with van der Waals surface area (Å²) in [5, 5.41) is 0.681. The molecule has 0 aliphatic carbocycles. The normalized spacial score (nSPS) is 14.9. The lowest BCUT2D eigenvalue weighted by Crippen LogP contribution is -2.48. The summed E-state index contributed by atoms with van der Waals surface area (Å²) in [6, 6.07) is 11.5. The van der Waals surface area contributed by atoms with Gasteiger partial charge in [0.05, 0.1) is 6.20 Å². The van der Waals surface area contributed by atoms with Crippen molar-refractivity contribution < 1.29 is 9.21 Å². The first kappa shape index (κ1) is 19.6. The Morgan fingerprint density at radius 2 is 1.76 bits per heavy atom. The van der Waals surface area contributed by atoms with Crippen LogP contribution in [0.1, 0.15) is 17.9 Å². The maximum Gasteiger partial charge on any atom is 0.223 e. The van der Waals surface area contributed by atoms with E-state index in [2.05, 4.69) is 14.9 Å². The van der Waals surface area contributed by atoms with E-state index < -0.39 is 0 Å². The minimum absolute atomic E-state index is 0.153. The largest absolute Gasteiger partial charge is 0.441 e. The van der Waals surface area contributed by atoms with Gasteiger partial charge < -0.3 is 9.32 Å². The molecule has 0 spiro atoms. The number of rotatable bonds is 6. The number of piperazine rings is 1. The number of aromatic nitrogens is 2. The fourth-order valence-electron chi connectivity index (χ4n) is 3.45. The van der Waals surface area contributed by atoms with Gasteiger partial charge in [-0.15, -0.1) is 0 Å². The SMILES string of the molecule is O=C(CCc1ncc(-c2ccc(Cl)cc2)o1)N1CCN(Cc2ccncc2)CC1. The first-order chi connectivity index (χ1) is 14.2. The zero-order chi connectivity index (χ0) is 20.1. The summed E-state index contributed by atoms with van der Waals surface area (Å²) in [6.07, 6.45) is 6.24. The van der Waals surface area contributed by atoms with Gasteiger partial charge in [-0.05, 0) is 42.0 Å². The summed E-state index contributed by atoms with van der Waals surface area (Å²) in [5.41, 5.74) is 2.17. The Bertz CT molecular complexity index is 935. The van der Waals surface area contributed by atoms with E-state index in [0.717, 1.165) is 38.3 Å². The molecule has 1 saturated heterocycles. The topological polar surface area (TPSA) is 62.5 Å². The summed E-state index contributed by atoms with van der Waals surface area (Å²) >= 11 is 5.92. The highest BCUT2D eigenvalue weighted by molar-refractivity contribution is 6.30. The molecule has 0 saturated carbocycles. The first-order valence-corrected chi connectivity index (χ1v) is 10.1. The highest BCUT2D eigenvalue weighted by Crippen LogP contribution is 2.23. The van der Waals surface area contributed by atoms with Gasteiger partial charge in [0.2, 0.25) is 5.91 Å². The Balaban J connectivity index is 1.24. The van der Waals surface area contributed by atoms with Crippen molar-refractivity contribution in [3.8, 4) is 11.3 Å². The third-order valence-corrected chi connectivity index (χ3v) is 5.37. The summed E-state index contributed by atoms with van der Waals surface area (Å²) in [6.45, 7) is 4.17. The van der Waals surface area contributed by atoms with Crippen LogP contribution in [0.2, 0.25) is 5.02 Å². The number of amides is 1. The Morgan fingerprint density at radius 3 is 2.48 bits per heavy atom. The number of nitrogens with zero attached hydrogens (tertiary/aromatic N) is 4. The van der Waals surface area contributed by atoms with Gasteiger partial charge in [0.1, 0.15) is 0 Å². The molecule has 1 aliphatic rings. The van der Waals surface area contributed by atoms with Gasteiger partial charge >= 0.3 is 0 Å². The summed E-state index contributed by atoms with van der Waals surface area (Å²) in [7, 11) is 0. The van der Waals surface area contributed by atoms with Gasteiger partial charge in [0.25, 0.3) is 0 Å². The van der Waals surface area contributed by atoms with Crippen molar-refractivity contribution in [3.63, 3.8) is 0 Å². The second-order valence-electron chi connectivity index (χ2n) is 7.14. The number of aryl methyl sites for hydroxylation is 1. The van der Waals surface area contributed by atoms with E-state index in [1.807, 2.05) is 53.7 Å². The van der Waals surface area contributed by atoms with Crippen LogP contribution in [0.25, 0.3) is 11.3 Å². The molecule has 1 amide bonds. The van der Waals surface area contributed by atoms with Gasteiger partial charge in [-0.2, -0.15) is 0 Å². The van der Waals surface area contributed by atoms with Crippen molar-refractivity contribution in [1.29, 1.82) is 0 Å². The lowest BCUT2D eigenvalue weighted by Gasteiger charge is -2.34. The fourth-order valence-corrected chi connectivity index (χ4v) is 3.57. The number of carbonyl (C=O) groups is 1. The van der Waals surface area contributed by atoms with Gasteiger partial charge in [-0.25, -0.2) is 4.98 Å². The Morgan fingerprint density at radius 1 is 1.03 bits per heavy atom.